The molecule has 1 aromatic rings. The van der Waals surface area contributed by atoms with Crippen LogP contribution in [0, 0.1) is 11.8 Å². The van der Waals surface area contributed by atoms with E-state index in [4.69, 9.17) is 9.47 Å². The van der Waals surface area contributed by atoms with Crippen LogP contribution in [0.1, 0.15) is 63.5 Å². The van der Waals surface area contributed by atoms with E-state index in [1.165, 1.54) is 49.8 Å². The number of benzene rings is 1. The van der Waals surface area contributed by atoms with Gasteiger partial charge < -0.3 is 14.8 Å². The van der Waals surface area contributed by atoms with Gasteiger partial charge in [-0.05, 0) is 49.8 Å². The number of hydrogen-bond acceptors (Lipinski definition) is 3. The molecule has 0 aromatic heterocycles. The van der Waals surface area contributed by atoms with Gasteiger partial charge >= 0.3 is 0 Å². The molecule has 1 saturated heterocycles. The summed E-state index contributed by atoms with van der Waals surface area (Å²) < 4.78 is 12.0. The van der Waals surface area contributed by atoms with E-state index in [1.807, 2.05) is 0 Å². The summed E-state index contributed by atoms with van der Waals surface area (Å²) in [6.45, 7) is 3.83. The molecule has 1 N–H and O–H groups in total. The Morgan fingerprint density at radius 3 is 2.87 bits per heavy atom. The van der Waals surface area contributed by atoms with Gasteiger partial charge in [0.05, 0.1) is 12.7 Å². The first-order chi connectivity index (χ1) is 11.4. The quantitative estimate of drug-likeness (QED) is 0.855. The van der Waals surface area contributed by atoms with Crippen LogP contribution >= 0.6 is 0 Å². The van der Waals surface area contributed by atoms with Crippen molar-refractivity contribution in [1.82, 2.24) is 0 Å². The zero-order valence-corrected chi connectivity index (χ0v) is 14.2. The molecule has 23 heavy (non-hydrogen) atoms. The Morgan fingerprint density at radius 1 is 1.17 bits per heavy atom. The Bertz CT molecular complexity index is 538. The molecule has 3 heteroatoms. The van der Waals surface area contributed by atoms with Gasteiger partial charge in [-0.1, -0.05) is 26.2 Å². The summed E-state index contributed by atoms with van der Waals surface area (Å²) in [6.07, 6.45) is 9.49. The van der Waals surface area contributed by atoms with Crippen molar-refractivity contribution in [2.75, 3.05) is 18.5 Å². The molecule has 1 aliphatic carbocycles. The molecule has 0 radical (unpaired) electrons. The topological polar surface area (TPSA) is 30.5 Å². The first-order valence-corrected chi connectivity index (χ1v) is 9.51. The van der Waals surface area contributed by atoms with Gasteiger partial charge in [-0.3, -0.25) is 0 Å². The zero-order valence-electron chi connectivity index (χ0n) is 14.2. The van der Waals surface area contributed by atoms with Gasteiger partial charge in [-0.2, -0.15) is 0 Å². The largest absolute Gasteiger partial charge is 0.494 e. The van der Waals surface area contributed by atoms with E-state index >= 15 is 0 Å². The molecule has 3 nitrogen and oxygen atoms in total. The fourth-order valence-electron chi connectivity index (χ4n) is 4.76. The monoisotopic (exact) mass is 315 g/mol. The van der Waals surface area contributed by atoms with Crippen LogP contribution in [-0.2, 0) is 4.74 Å². The molecule has 1 saturated carbocycles. The minimum atomic E-state index is 0.267. The third kappa shape index (κ3) is 2.96. The van der Waals surface area contributed by atoms with Crippen molar-refractivity contribution in [1.29, 1.82) is 0 Å². The molecule has 3 atom stereocenters. The summed E-state index contributed by atoms with van der Waals surface area (Å²) in [5, 5.41) is 3.89. The minimum absolute atomic E-state index is 0.267. The first-order valence-electron chi connectivity index (χ1n) is 9.51. The minimum Gasteiger partial charge on any atom is -0.494 e. The molecule has 2 fully saturated rings. The van der Waals surface area contributed by atoms with E-state index in [9.17, 15) is 0 Å². The van der Waals surface area contributed by atoms with E-state index < -0.39 is 0 Å². The molecule has 3 aliphatic rings. The lowest BCUT2D eigenvalue weighted by molar-refractivity contribution is 0.0730. The summed E-state index contributed by atoms with van der Waals surface area (Å²) in [5.74, 6) is 2.44. The van der Waals surface area contributed by atoms with Crippen molar-refractivity contribution >= 4 is 5.69 Å². The Balaban J connectivity index is 1.59. The van der Waals surface area contributed by atoms with Crippen molar-refractivity contribution < 1.29 is 9.47 Å². The van der Waals surface area contributed by atoms with E-state index in [2.05, 4.69) is 30.4 Å². The SMILES string of the molecule is CCCOc1ccc2c(c1)[C@H]1OCC[C@H]1C(C1CCCCC1)N2. The second kappa shape index (κ2) is 6.72. The summed E-state index contributed by atoms with van der Waals surface area (Å²) >= 11 is 0. The number of hydrogen-bond donors (Lipinski definition) is 1. The highest BCUT2D eigenvalue weighted by molar-refractivity contribution is 5.58. The standard InChI is InChI=1S/C20H29NO2/c1-2-11-22-15-8-9-18-17(13-15)20-16(10-12-23-20)19(21-18)14-6-4-3-5-7-14/h8-9,13-14,16,19-21H,2-7,10-12H2,1H3/t16-,19?,20-/m0/s1. The number of fused-ring (bicyclic) bond motifs is 3. The third-order valence-corrected chi connectivity index (χ3v) is 5.88. The van der Waals surface area contributed by atoms with Crippen LogP contribution in [0.2, 0.25) is 0 Å². The lowest BCUT2D eigenvalue weighted by Crippen LogP contribution is -2.42. The Labute approximate surface area is 139 Å². The molecule has 126 valence electrons. The molecular weight excluding hydrogens is 286 g/mol. The van der Waals surface area contributed by atoms with Gasteiger partial charge in [0, 0.05) is 29.8 Å². The highest BCUT2D eigenvalue weighted by atomic mass is 16.5. The molecule has 1 aromatic carbocycles. The molecule has 4 rings (SSSR count). The van der Waals surface area contributed by atoms with E-state index in [1.54, 1.807) is 0 Å². The maximum Gasteiger partial charge on any atom is 0.119 e. The second-order valence-corrected chi connectivity index (χ2v) is 7.41. The van der Waals surface area contributed by atoms with Crippen molar-refractivity contribution in [3.63, 3.8) is 0 Å². The molecule has 2 heterocycles. The van der Waals surface area contributed by atoms with Crippen molar-refractivity contribution in [2.45, 2.75) is 64.0 Å². The van der Waals surface area contributed by atoms with Gasteiger partial charge in [0.2, 0.25) is 0 Å². The van der Waals surface area contributed by atoms with Crippen LogP contribution in [0.3, 0.4) is 0 Å². The Morgan fingerprint density at radius 2 is 2.04 bits per heavy atom. The highest BCUT2D eigenvalue weighted by Gasteiger charge is 2.43. The Hall–Kier alpha value is -1.22. The number of rotatable bonds is 4. The van der Waals surface area contributed by atoms with Crippen LogP contribution in [0.5, 0.6) is 5.75 Å². The maximum atomic E-state index is 6.17. The number of anilines is 1. The fraction of sp³-hybridized carbons (Fsp3) is 0.700. The van der Waals surface area contributed by atoms with Gasteiger partial charge in [-0.15, -0.1) is 0 Å². The smallest absolute Gasteiger partial charge is 0.119 e. The fourth-order valence-corrected chi connectivity index (χ4v) is 4.76. The van der Waals surface area contributed by atoms with Crippen molar-refractivity contribution in [3.8, 4) is 5.75 Å². The van der Waals surface area contributed by atoms with Crippen LogP contribution in [0.25, 0.3) is 0 Å². The van der Waals surface area contributed by atoms with Crippen molar-refractivity contribution in [3.05, 3.63) is 23.8 Å². The highest BCUT2D eigenvalue weighted by Crippen LogP contribution is 2.49. The summed E-state index contributed by atoms with van der Waals surface area (Å²) in [6, 6.07) is 7.11. The number of nitrogens with one attached hydrogen (secondary N) is 1. The van der Waals surface area contributed by atoms with Crippen LogP contribution < -0.4 is 10.1 Å². The van der Waals surface area contributed by atoms with Gasteiger partial charge in [0.15, 0.2) is 0 Å². The predicted octanol–water partition coefficient (Wildman–Crippen LogP) is 4.93. The third-order valence-electron chi connectivity index (χ3n) is 5.88. The predicted molar refractivity (Wildman–Crippen MR) is 93.0 cm³/mol. The van der Waals surface area contributed by atoms with Gasteiger partial charge in [0.1, 0.15) is 5.75 Å². The van der Waals surface area contributed by atoms with E-state index in [-0.39, 0.29) is 6.10 Å². The molecule has 0 bridgehead atoms. The summed E-state index contributed by atoms with van der Waals surface area (Å²) in [5.41, 5.74) is 2.58. The second-order valence-electron chi connectivity index (χ2n) is 7.41. The van der Waals surface area contributed by atoms with Crippen molar-refractivity contribution in [2.24, 2.45) is 11.8 Å². The first kappa shape index (κ1) is 15.3. The molecule has 0 amide bonds. The average molecular weight is 315 g/mol. The molecule has 0 spiro atoms. The zero-order chi connectivity index (χ0) is 15.6. The lowest BCUT2D eigenvalue weighted by Gasteiger charge is -2.42. The van der Waals surface area contributed by atoms with E-state index in [0.717, 1.165) is 31.3 Å². The normalized spacial score (nSPS) is 30.4. The van der Waals surface area contributed by atoms with Crippen LogP contribution in [0.15, 0.2) is 18.2 Å². The molecule has 2 aliphatic heterocycles. The summed E-state index contributed by atoms with van der Waals surface area (Å²) in [7, 11) is 0. The molecule has 1 unspecified atom stereocenters. The van der Waals surface area contributed by atoms with Gasteiger partial charge in [0.25, 0.3) is 0 Å². The van der Waals surface area contributed by atoms with Gasteiger partial charge in [-0.25, -0.2) is 0 Å². The van der Waals surface area contributed by atoms with E-state index in [0.29, 0.717) is 12.0 Å². The Kier molecular flexibility index (Phi) is 4.48. The maximum absolute atomic E-state index is 6.17. The lowest BCUT2D eigenvalue weighted by atomic mass is 9.73. The molecular formula is C20H29NO2. The number of ether oxygens (including phenoxy) is 2. The average Bonchev–Trinajstić information content (AvgIpc) is 3.10. The summed E-state index contributed by atoms with van der Waals surface area (Å²) in [4.78, 5) is 0. The van der Waals surface area contributed by atoms with Crippen LogP contribution in [-0.4, -0.2) is 19.3 Å². The van der Waals surface area contributed by atoms with Crippen LogP contribution in [0.4, 0.5) is 5.69 Å².